The average molecular weight is 239 g/mol. The first-order chi connectivity index (χ1) is 6.24. The normalized spacial score (nSPS) is 9.08. The monoisotopic (exact) mass is 238 g/mol. The third-order valence-electron chi connectivity index (χ3n) is 1.55. The van der Waals surface area contributed by atoms with Gasteiger partial charge in [-0.2, -0.15) is 0 Å². The molecule has 0 saturated heterocycles. The Balaban J connectivity index is 2.89. The summed E-state index contributed by atoms with van der Waals surface area (Å²) < 4.78 is 0. The van der Waals surface area contributed by atoms with Gasteiger partial charge in [0.05, 0.1) is 17.6 Å². The van der Waals surface area contributed by atoms with Gasteiger partial charge in [-0.15, -0.1) is 0 Å². The molecular formula is C10H11BrN2. The molecule has 0 aromatic carbocycles. The summed E-state index contributed by atoms with van der Waals surface area (Å²) in [7, 11) is 0. The van der Waals surface area contributed by atoms with E-state index in [4.69, 9.17) is 5.73 Å². The molecule has 0 atom stereocenters. The van der Waals surface area contributed by atoms with Crippen molar-refractivity contribution < 1.29 is 0 Å². The number of halogens is 1. The van der Waals surface area contributed by atoms with Gasteiger partial charge in [0.15, 0.2) is 0 Å². The first-order valence-corrected chi connectivity index (χ1v) is 5.13. The Labute approximate surface area is 86.7 Å². The molecule has 1 heterocycles. The zero-order chi connectivity index (χ0) is 9.68. The van der Waals surface area contributed by atoms with Crippen LogP contribution >= 0.6 is 15.9 Å². The van der Waals surface area contributed by atoms with Crippen molar-refractivity contribution in [2.45, 2.75) is 13.3 Å². The molecule has 1 rings (SSSR count). The van der Waals surface area contributed by atoms with E-state index in [-0.39, 0.29) is 0 Å². The van der Waals surface area contributed by atoms with E-state index in [9.17, 15) is 0 Å². The maximum absolute atomic E-state index is 5.59. The van der Waals surface area contributed by atoms with Crippen molar-refractivity contribution in [1.82, 2.24) is 4.98 Å². The summed E-state index contributed by atoms with van der Waals surface area (Å²) in [6, 6.07) is 1.85. The molecule has 3 heteroatoms. The van der Waals surface area contributed by atoms with Crippen molar-refractivity contribution in [2.24, 2.45) is 0 Å². The summed E-state index contributed by atoms with van der Waals surface area (Å²) in [6.07, 6.45) is 2.49. The fourth-order valence-electron chi connectivity index (χ4n) is 0.881. The van der Waals surface area contributed by atoms with Crippen LogP contribution in [0.15, 0.2) is 12.3 Å². The van der Waals surface area contributed by atoms with Gasteiger partial charge in [-0.3, -0.25) is 4.98 Å². The summed E-state index contributed by atoms with van der Waals surface area (Å²) >= 11 is 3.31. The number of alkyl halides is 1. The number of rotatable bonds is 1. The fraction of sp³-hybridized carbons (Fsp3) is 0.300. The van der Waals surface area contributed by atoms with Crippen LogP contribution in [0.2, 0.25) is 0 Å². The number of nitrogens with two attached hydrogens (primary N) is 1. The number of nitrogens with zero attached hydrogens (tertiary/aromatic N) is 1. The maximum Gasteiger partial charge on any atom is 0.0530 e. The van der Waals surface area contributed by atoms with Crippen LogP contribution in [0.3, 0.4) is 0 Å². The molecule has 2 nitrogen and oxygen atoms in total. The maximum atomic E-state index is 5.59. The van der Waals surface area contributed by atoms with Crippen LogP contribution in [0, 0.1) is 18.8 Å². The number of anilines is 1. The van der Waals surface area contributed by atoms with Gasteiger partial charge < -0.3 is 5.73 Å². The summed E-state index contributed by atoms with van der Waals surface area (Å²) in [5.74, 6) is 6.06. The Morgan fingerprint density at radius 1 is 1.62 bits per heavy atom. The Morgan fingerprint density at radius 2 is 2.38 bits per heavy atom. The minimum atomic E-state index is 0.661. The largest absolute Gasteiger partial charge is 0.397 e. The van der Waals surface area contributed by atoms with Crippen molar-refractivity contribution in [3.05, 3.63) is 23.5 Å². The third-order valence-corrected chi connectivity index (χ3v) is 1.95. The van der Waals surface area contributed by atoms with Crippen molar-refractivity contribution in [3.63, 3.8) is 0 Å². The first kappa shape index (κ1) is 10.1. The van der Waals surface area contributed by atoms with E-state index in [1.54, 1.807) is 6.20 Å². The lowest BCUT2D eigenvalue weighted by atomic mass is 10.2. The molecule has 0 aliphatic rings. The zero-order valence-corrected chi connectivity index (χ0v) is 9.06. The first-order valence-electron chi connectivity index (χ1n) is 4.01. The van der Waals surface area contributed by atoms with Crippen LogP contribution in [0.25, 0.3) is 0 Å². The van der Waals surface area contributed by atoms with E-state index in [0.29, 0.717) is 5.69 Å². The standard InChI is InChI=1S/C10H11BrN2/c1-8-9(4-2-3-5-11)6-10(12)7-13-8/h6-7H,3,5,12H2,1H3. The van der Waals surface area contributed by atoms with Gasteiger partial charge in [-0.05, 0) is 13.0 Å². The summed E-state index contributed by atoms with van der Waals surface area (Å²) in [5, 5.41) is 0.898. The SMILES string of the molecule is Cc1ncc(N)cc1C#CCCBr. The smallest absolute Gasteiger partial charge is 0.0530 e. The quantitative estimate of drug-likeness (QED) is 0.602. The van der Waals surface area contributed by atoms with Gasteiger partial charge in [0.25, 0.3) is 0 Å². The minimum absolute atomic E-state index is 0.661. The third kappa shape index (κ3) is 3.08. The lowest BCUT2D eigenvalue weighted by molar-refractivity contribution is 1.19. The molecule has 0 fully saturated rings. The molecule has 0 bridgehead atoms. The molecule has 0 aliphatic heterocycles. The number of aromatic nitrogens is 1. The van der Waals surface area contributed by atoms with E-state index in [0.717, 1.165) is 23.0 Å². The Morgan fingerprint density at radius 3 is 3.08 bits per heavy atom. The lowest BCUT2D eigenvalue weighted by Crippen LogP contribution is -1.92. The average Bonchev–Trinajstić information content (AvgIpc) is 2.11. The van der Waals surface area contributed by atoms with Crippen LogP contribution in [0.5, 0.6) is 0 Å². The van der Waals surface area contributed by atoms with Gasteiger partial charge in [-0.25, -0.2) is 0 Å². The second-order valence-corrected chi connectivity index (χ2v) is 3.44. The van der Waals surface area contributed by atoms with Gasteiger partial charge in [-0.1, -0.05) is 27.8 Å². The highest BCUT2D eigenvalue weighted by molar-refractivity contribution is 9.09. The molecule has 13 heavy (non-hydrogen) atoms. The molecule has 0 aliphatic carbocycles. The second kappa shape index (κ2) is 4.88. The molecule has 0 radical (unpaired) electrons. The predicted molar refractivity (Wildman–Crippen MR) is 58.7 cm³/mol. The van der Waals surface area contributed by atoms with Crippen molar-refractivity contribution in [1.29, 1.82) is 0 Å². The van der Waals surface area contributed by atoms with Crippen LogP contribution in [0.4, 0.5) is 5.69 Å². The fourth-order valence-corrected chi connectivity index (χ4v) is 1.08. The van der Waals surface area contributed by atoms with Gasteiger partial charge in [0.1, 0.15) is 0 Å². The van der Waals surface area contributed by atoms with E-state index in [1.807, 2.05) is 13.0 Å². The summed E-state index contributed by atoms with van der Waals surface area (Å²) in [6.45, 7) is 1.93. The highest BCUT2D eigenvalue weighted by atomic mass is 79.9. The Kier molecular flexibility index (Phi) is 3.78. The molecule has 0 spiro atoms. The van der Waals surface area contributed by atoms with E-state index >= 15 is 0 Å². The molecule has 68 valence electrons. The highest BCUT2D eigenvalue weighted by Gasteiger charge is 1.95. The van der Waals surface area contributed by atoms with Crippen LogP contribution in [0.1, 0.15) is 17.7 Å². The highest BCUT2D eigenvalue weighted by Crippen LogP contribution is 2.07. The van der Waals surface area contributed by atoms with Gasteiger partial charge in [0.2, 0.25) is 0 Å². The topological polar surface area (TPSA) is 38.9 Å². The van der Waals surface area contributed by atoms with E-state index in [1.165, 1.54) is 0 Å². The van der Waals surface area contributed by atoms with Crippen molar-refractivity contribution in [2.75, 3.05) is 11.1 Å². The second-order valence-electron chi connectivity index (χ2n) is 2.64. The number of pyridine rings is 1. The molecular weight excluding hydrogens is 228 g/mol. The molecule has 1 aromatic rings. The van der Waals surface area contributed by atoms with E-state index in [2.05, 4.69) is 32.8 Å². The van der Waals surface area contributed by atoms with E-state index < -0.39 is 0 Å². The molecule has 1 aromatic heterocycles. The van der Waals surface area contributed by atoms with Crippen molar-refractivity contribution >= 4 is 21.6 Å². The van der Waals surface area contributed by atoms with Gasteiger partial charge in [0, 0.05) is 17.3 Å². The zero-order valence-electron chi connectivity index (χ0n) is 7.47. The van der Waals surface area contributed by atoms with Crippen LogP contribution in [-0.4, -0.2) is 10.3 Å². The van der Waals surface area contributed by atoms with Crippen LogP contribution < -0.4 is 5.73 Å². The molecule has 0 saturated carbocycles. The summed E-state index contributed by atoms with van der Waals surface area (Å²) in [5.41, 5.74) is 8.10. The number of hydrogen-bond donors (Lipinski definition) is 1. The number of aryl methyl sites for hydroxylation is 1. The Bertz CT molecular complexity index is 350. The molecule has 0 unspecified atom stereocenters. The van der Waals surface area contributed by atoms with Crippen LogP contribution in [-0.2, 0) is 0 Å². The minimum Gasteiger partial charge on any atom is -0.397 e. The predicted octanol–water partition coefficient (Wildman–Crippen LogP) is 2.11. The molecule has 0 amide bonds. The number of hydrogen-bond acceptors (Lipinski definition) is 2. The summed E-state index contributed by atoms with van der Waals surface area (Å²) in [4.78, 5) is 4.12. The Hall–Kier alpha value is -1.01. The molecule has 2 N–H and O–H groups in total. The van der Waals surface area contributed by atoms with Crippen molar-refractivity contribution in [3.8, 4) is 11.8 Å². The van der Waals surface area contributed by atoms with Gasteiger partial charge >= 0.3 is 0 Å². The number of nitrogen functional groups attached to an aromatic ring is 1. The lowest BCUT2D eigenvalue weighted by Gasteiger charge is -1.97.